The van der Waals surface area contributed by atoms with Crippen molar-refractivity contribution in [2.75, 3.05) is 5.32 Å². The molecule has 0 bridgehead atoms. The van der Waals surface area contributed by atoms with Crippen LogP contribution in [0.2, 0.25) is 0 Å². The number of nitrogens with zero attached hydrogens (tertiary/aromatic N) is 2. The summed E-state index contributed by atoms with van der Waals surface area (Å²) in [4.78, 5) is 16.2. The van der Waals surface area contributed by atoms with Crippen LogP contribution in [0.1, 0.15) is 37.1 Å². The van der Waals surface area contributed by atoms with Crippen molar-refractivity contribution < 1.29 is 4.79 Å². The van der Waals surface area contributed by atoms with Crippen LogP contribution < -0.4 is 10.6 Å². The Hall–Kier alpha value is -3.15. The molecule has 2 heterocycles. The van der Waals surface area contributed by atoms with E-state index in [1.54, 1.807) is 12.4 Å². The molecule has 0 fully saturated rings. The molecule has 0 spiro atoms. The zero-order valence-electron chi connectivity index (χ0n) is 16.2. The summed E-state index contributed by atoms with van der Waals surface area (Å²) in [5, 5.41) is 13.6. The largest absolute Gasteiger partial charge is 0.334 e. The van der Waals surface area contributed by atoms with Gasteiger partial charge in [-0.2, -0.15) is 5.10 Å². The summed E-state index contributed by atoms with van der Waals surface area (Å²) in [5.74, 6) is 0. The highest BCUT2D eigenvalue weighted by Gasteiger charge is 2.29. The Morgan fingerprint density at radius 3 is 2.86 bits per heavy atom. The minimum absolute atomic E-state index is 0.236. The van der Waals surface area contributed by atoms with E-state index in [0.717, 1.165) is 41.8 Å². The molecule has 3 aromatic rings. The number of benzene rings is 1. The summed E-state index contributed by atoms with van der Waals surface area (Å²) in [6, 6.07) is 11.4. The second kappa shape index (κ2) is 7.46. The van der Waals surface area contributed by atoms with Gasteiger partial charge in [-0.05, 0) is 54.5 Å². The number of hydrogen-bond donors (Lipinski definition) is 3. The van der Waals surface area contributed by atoms with Gasteiger partial charge < -0.3 is 10.6 Å². The van der Waals surface area contributed by atoms with E-state index in [1.807, 2.05) is 36.4 Å². The standard InChI is InChI=1S/C22H25N5O/c1-22(2)9-6-18-19(13-22)26-27-20(18)16-4-3-5-17(12-16)25-21(28)24-14-15-7-10-23-11-8-15/h3-5,7-8,10-12H,6,9,13-14H2,1-2H3,(H,26,27)(H2,24,25,28). The molecule has 3 N–H and O–H groups in total. The molecule has 1 aliphatic carbocycles. The van der Waals surface area contributed by atoms with Gasteiger partial charge in [0.1, 0.15) is 0 Å². The van der Waals surface area contributed by atoms with Crippen molar-refractivity contribution in [3.63, 3.8) is 0 Å². The molecule has 2 aromatic heterocycles. The number of amides is 2. The van der Waals surface area contributed by atoms with E-state index in [4.69, 9.17) is 0 Å². The van der Waals surface area contributed by atoms with Crippen LogP contribution in [-0.4, -0.2) is 21.2 Å². The lowest BCUT2D eigenvalue weighted by molar-refractivity contribution is 0.251. The van der Waals surface area contributed by atoms with Gasteiger partial charge in [-0.25, -0.2) is 4.79 Å². The third-order valence-corrected chi connectivity index (χ3v) is 5.26. The number of hydrogen-bond acceptors (Lipinski definition) is 3. The van der Waals surface area contributed by atoms with Crippen LogP contribution in [0.25, 0.3) is 11.3 Å². The van der Waals surface area contributed by atoms with E-state index in [1.165, 1.54) is 11.3 Å². The van der Waals surface area contributed by atoms with Gasteiger partial charge >= 0.3 is 6.03 Å². The van der Waals surface area contributed by atoms with Crippen LogP contribution in [0.5, 0.6) is 0 Å². The molecule has 0 aliphatic heterocycles. The molecule has 6 nitrogen and oxygen atoms in total. The van der Waals surface area contributed by atoms with Crippen molar-refractivity contribution >= 4 is 11.7 Å². The van der Waals surface area contributed by atoms with Crippen molar-refractivity contribution in [3.05, 3.63) is 65.6 Å². The van der Waals surface area contributed by atoms with E-state index in [2.05, 4.69) is 39.7 Å². The maximum Gasteiger partial charge on any atom is 0.319 e. The molecule has 2 amide bonds. The number of anilines is 1. The molecule has 6 heteroatoms. The fourth-order valence-corrected chi connectivity index (χ4v) is 3.69. The Bertz CT molecular complexity index is 978. The summed E-state index contributed by atoms with van der Waals surface area (Å²) in [6.07, 6.45) is 6.62. The third kappa shape index (κ3) is 4.06. The second-order valence-corrected chi connectivity index (χ2v) is 8.11. The minimum Gasteiger partial charge on any atom is -0.334 e. The van der Waals surface area contributed by atoms with Gasteiger partial charge in [0.2, 0.25) is 0 Å². The van der Waals surface area contributed by atoms with Gasteiger partial charge in [0.05, 0.1) is 5.69 Å². The van der Waals surface area contributed by atoms with Crippen LogP contribution in [0.4, 0.5) is 10.5 Å². The van der Waals surface area contributed by atoms with Crippen molar-refractivity contribution in [2.24, 2.45) is 5.41 Å². The smallest absolute Gasteiger partial charge is 0.319 e. The maximum absolute atomic E-state index is 12.2. The second-order valence-electron chi connectivity index (χ2n) is 8.11. The van der Waals surface area contributed by atoms with Gasteiger partial charge in [0.15, 0.2) is 0 Å². The summed E-state index contributed by atoms with van der Waals surface area (Å²) < 4.78 is 0. The summed E-state index contributed by atoms with van der Waals surface area (Å²) in [5.41, 5.74) is 6.61. The van der Waals surface area contributed by atoms with Gasteiger partial charge in [-0.3, -0.25) is 10.1 Å². The fraction of sp³-hybridized carbons (Fsp3) is 0.318. The molecular weight excluding hydrogens is 350 g/mol. The summed E-state index contributed by atoms with van der Waals surface area (Å²) in [6.45, 7) is 5.05. The molecule has 4 rings (SSSR count). The number of carbonyl (C=O) groups is 1. The topological polar surface area (TPSA) is 82.7 Å². The molecule has 144 valence electrons. The number of fused-ring (bicyclic) bond motifs is 1. The van der Waals surface area contributed by atoms with E-state index in [0.29, 0.717) is 12.0 Å². The fourth-order valence-electron chi connectivity index (χ4n) is 3.69. The van der Waals surface area contributed by atoms with Gasteiger partial charge in [0.25, 0.3) is 0 Å². The molecule has 28 heavy (non-hydrogen) atoms. The van der Waals surface area contributed by atoms with Crippen LogP contribution in [0.3, 0.4) is 0 Å². The lowest BCUT2D eigenvalue weighted by atomic mass is 9.76. The predicted octanol–water partition coefficient (Wildman–Crippen LogP) is 4.31. The van der Waals surface area contributed by atoms with E-state index in [-0.39, 0.29) is 6.03 Å². The van der Waals surface area contributed by atoms with Crippen molar-refractivity contribution in [1.29, 1.82) is 0 Å². The first-order chi connectivity index (χ1) is 13.5. The Morgan fingerprint density at radius 2 is 2.04 bits per heavy atom. The quantitative estimate of drug-likeness (QED) is 0.635. The van der Waals surface area contributed by atoms with E-state index < -0.39 is 0 Å². The van der Waals surface area contributed by atoms with Crippen LogP contribution in [-0.2, 0) is 19.4 Å². The number of nitrogens with one attached hydrogen (secondary N) is 3. The molecule has 0 atom stereocenters. The summed E-state index contributed by atoms with van der Waals surface area (Å²) >= 11 is 0. The normalized spacial score (nSPS) is 14.9. The van der Waals surface area contributed by atoms with Crippen LogP contribution in [0, 0.1) is 5.41 Å². The Balaban J connectivity index is 1.45. The number of rotatable bonds is 4. The number of aromatic nitrogens is 3. The average Bonchev–Trinajstić information content (AvgIpc) is 3.09. The maximum atomic E-state index is 12.2. The van der Waals surface area contributed by atoms with Crippen molar-refractivity contribution in [2.45, 2.75) is 39.7 Å². The SMILES string of the molecule is CC1(C)CCc2c(-c3cccc(NC(=O)NCc4ccncc4)c3)n[nH]c2C1. The number of carbonyl (C=O) groups excluding carboxylic acids is 1. The molecule has 0 saturated heterocycles. The minimum atomic E-state index is -0.236. The van der Waals surface area contributed by atoms with E-state index >= 15 is 0 Å². The zero-order chi connectivity index (χ0) is 19.6. The molecule has 1 aliphatic rings. The monoisotopic (exact) mass is 375 g/mol. The zero-order valence-corrected chi connectivity index (χ0v) is 16.2. The number of pyridine rings is 1. The van der Waals surface area contributed by atoms with E-state index in [9.17, 15) is 4.79 Å². The first-order valence-corrected chi connectivity index (χ1v) is 9.60. The lowest BCUT2D eigenvalue weighted by Crippen LogP contribution is -2.28. The highest BCUT2D eigenvalue weighted by atomic mass is 16.2. The highest BCUT2D eigenvalue weighted by Crippen LogP contribution is 2.38. The Labute approximate surface area is 164 Å². The number of H-pyrrole nitrogens is 1. The lowest BCUT2D eigenvalue weighted by Gasteiger charge is -2.29. The Kier molecular flexibility index (Phi) is 4.86. The third-order valence-electron chi connectivity index (χ3n) is 5.26. The van der Waals surface area contributed by atoms with Crippen molar-refractivity contribution in [1.82, 2.24) is 20.5 Å². The molecule has 0 radical (unpaired) electrons. The molecule has 0 saturated carbocycles. The van der Waals surface area contributed by atoms with Crippen LogP contribution >= 0.6 is 0 Å². The predicted molar refractivity (Wildman–Crippen MR) is 110 cm³/mol. The molecule has 1 aromatic carbocycles. The Morgan fingerprint density at radius 1 is 1.21 bits per heavy atom. The van der Waals surface area contributed by atoms with Crippen molar-refractivity contribution in [3.8, 4) is 11.3 Å². The first kappa shape index (κ1) is 18.2. The van der Waals surface area contributed by atoms with Gasteiger partial charge in [-0.15, -0.1) is 0 Å². The number of urea groups is 1. The van der Waals surface area contributed by atoms with Crippen LogP contribution in [0.15, 0.2) is 48.8 Å². The van der Waals surface area contributed by atoms with Gasteiger partial charge in [-0.1, -0.05) is 26.0 Å². The number of aromatic amines is 1. The molecular formula is C22H25N5O. The first-order valence-electron chi connectivity index (χ1n) is 9.60. The summed E-state index contributed by atoms with van der Waals surface area (Å²) in [7, 11) is 0. The molecule has 0 unspecified atom stereocenters. The highest BCUT2D eigenvalue weighted by molar-refractivity contribution is 5.90. The average molecular weight is 375 g/mol. The van der Waals surface area contributed by atoms with Gasteiger partial charge in [0, 0.05) is 41.4 Å².